The van der Waals surface area contributed by atoms with E-state index in [1.165, 1.54) is 0 Å². The zero-order valence-electron chi connectivity index (χ0n) is 3.65. The molecule has 0 amide bonds. The van der Waals surface area contributed by atoms with Crippen molar-refractivity contribution in [3.8, 4) is 0 Å². The Morgan fingerprint density at radius 2 is 1.40 bits per heavy atom. The van der Waals surface area contributed by atoms with Gasteiger partial charge < -0.3 is 11.5 Å². The van der Waals surface area contributed by atoms with E-state index in [4.69, 9.17) is 11.5 Å². The smallest absolute Gasteiger partial charge is 0.467 e. The molecule has 0 saturated carbocycles. The topological polar surface area (TPSA) is 52.0 Å². The summed E-state index contributed by atoms with van der Waals surface area (Å²) in [5, 5.41) is 0. The molecule has 0 aromatic rings. The number of hydrogen-bond acceptors (Lipinski definition) is 2. The average Bonchev–Trinajstić information content (AvgIpc) is 0.811. The average molecular weight is 66.0 g/mol. The Morgan fingerprint density at radius 3 is 1.40 bits per heavy atom. The standard InChI is InChI=1S/C2H7N2.Li/c1-2(3)4;/h3-4H2,1H3;/q-1;+1. The van der Waals surface area contributed by atoms with E-state index in [9.17, 15) is 0 Å². The van der Waals surface area contributed by atoms with Crippen molar-refractivity contribution in [2.24, 2.45) is 11.5 Å². The molecule has 3 heteroatoms. The minimum Gasteiger partial charge on any atom is -0.467 e. The van der Waals surface area contributed by atoms with Gasteiger partial charge in [-0.15, -0.1) is 0 Å². The zero-order valence-corrected chi connectivity index (χ0v) is 3.65. The van der Waals surface area contributed by atoms with Crippen LogP contribution in [0.15, 0.2) is 0 Å². The first-order valence-electron chi connectivity index (χ1n) is 1.08. The van der Waals surface area contributed by atoms with Gasteiger partial charge in [0, 0.05) is 0 Å². The molecule has 0 heterocycles. The molecule has 26 valence electrons. The van der Waals surface area contributed by atoms with Gasteiger partial charge in [0.15, 0.2) is 0 Å². The second-order valence-electron chi connectivity index (χ2n) is 0.744. The Hall–Kier alpha value is 0.517. The van der Waals surface area contributed by atoms with E-state index < -0.39 is 0 Å². The molecule has 0 aromatic carbocycles. The molecule has 0 aromatic heterocycles. The van der Waals surface area contributed by atoms with E-state index >= 15 is 0 Å². The minimum absolute atomic E-state index is 0. The van der Waals surface area contributed by atoms with Crippen molar-refractivity contribution >= 4 is 0 Å². The molecular weight excluding hydrogens is 59.0 g/mol. The summed E-state index contributed by atoms with van der Waals surface area (Å²) in [6, 6.07) is 0. The van der Waals surface area contributed by atoms with Gasteiger partial charge in [0.05, 0.1) is 0 Å². The van der Waals surface area contributed by atoms with Crippen LogP contribution in [0.1, 0.15) is 6.92 Å². The Labute approximate surface area is 44.1 Å². The van der Waals surface area contributed by atoms with E-state index in [2.05, 4.69) is 0 Å². The molecule has 2 nitrogen and oxygen atoms in total. The monoisotopic (exact) mass is 66.1 g/mol. The van der Waals surface area contributed by atoms with Gasteiger partial charge in [-0.3, -0.25) is 0 Å². The van der Waals surface area contributed by atoms with Crippen LogP contribution >= 0.6 is 0 Å². The van der Waals surface area contributed by atoms with Crippen molar-refractivity contribution in [3.05, 3.63) is 6.17 Å². The summed E-state index contributed by atoms with van der Waals surface area (Å²) in [6.07, 6.45) is 0.417. The summed E-state index contributed by atoms with van der Waals surface area (Å²) in [5.41, 5.74) is 9.61. The maximum absolute atomic E-state index is 4.81. The van der Waals surface area contributed by atoms with Crippen LogP contribution in [0.3, 0.4) is 0 Å². The predicted octanol–water partition coefficient (Wildman–Crippen LogP) is -3.58. The van der Waals surface area contributed by atoms with Crippen LogP contribution in [0.2, 0.25) is 0 Å². The van der Waals surface area contributed by atoms with Crippen molar-refractivity contribution < 1.29 is 18.9 Å². The molecule has 0 rings (SSSR count). The number of hydrogen-bond donors (Lipinski definition) is 2. The summed E-state index contributed by atoms with van der Waals surface area (Å²) in [6.45, 7) is 1.64. The zero-order chi connectivity index (χ0) is 3.58. The Balaban J connectivity index is 0. The van der Waals surface area contributed by atoms with Gasteiger partial charge in [0.1, 0.15) is 0 Å². The molecule has 0 unspecified atom stereocenters. The SMILES string of the molecule is C[C-](N)N.[Li+]. The van der Waals surface area contributed by atoms with Crippen molar-refractivity contribution in [3.63, 3.8) is 0 Å². The molecule has 0 atom stereocenters. The van der Waals surface area contributed by atoms with E-state index in [0.29, 0.717) is 6.17 Å². The Bertz CT molecular complexity index is 12.4. The summed E-state index contributed by atoms with van der Waals surface area (Å²) < 4.78 is 0. The Morgan fingerprint density at radius 1 is 1.40 bits per heavy atom. The third kappa shape index (κ3) is 107. The third-order valence-corrected chi connectivity index (χ3v) is 0. The predicted molar refractivity (Wildman–Crippen MR) is 17.3 cm³/mol. The summed E-state index contributed by atoms with van der Waals surface area (Å²) in [4.78, 5) is 0. The van der Waals surface area contributed by atoms with Crippen LogP contribution in [-0.4, -0.2) is 0 Å². The molecule has 0 aliphatic carbocycles. The number of nitrogens with two attached hydrogens (primary N) is 2. The van der Waals surface area contributed by atoms with Crippen LogP contribution in [-0.2, 0) is 0 Å². The Kier molecular flexibility index (Phi) is 8.22. The van der Waals surface area contributed by atoms with E-state index in [1.807, 2.05) is 0 Å². The van der Waals surface area contributed by atoms with E-state index in [-0.39, 0.29) is 18.9 Å². The molecule has 0 saturated heterocycles. The third-order valence-electron chi connectivity index (χ3n) is 0. The number of rotatable bonds is 0. The van der Waals surface area contributed by atoms with Crippen LogP contribution in [0.25, 0.3) is 0 Å². The molecule has 0 aliphatic heterocycles. The van der Waals surface area contributed by atoms with Crippen molar-refractivity contribution in [2.75, 3.05) is 0 Å². The van der Waals surface area contributed by atoms with Gasteiger partial charge in [-0.2, -0.15) is 6.92 Å². The fourth-order valence-electron chi connectivity index (χ4n) is 0. The summed E-state index contributed by atoms with van der Waals surface area (Å²) in [7, 11) is 0. The summed E-state index contributed by atoms with van der Waals surface area (Å²) >= 11 is 0. The van der Waals surface area contributed by atoms with Crippen molar-refractivity contribution in [1.82, 2.24) is 0 Å². The molecule has 0 bridgehead atoms. The first-order valence-corrected chi connectivity index (χ1v) is 1.08. The van der Waals surface area contributed by atoms with E-state index in [0.717, 1.165) is 0 Å². The van der Waals surface area contributed by atoms with Crippen molar-refractivity contribution in [1.29, 1.82) is 0 Å². The largest absolute Gasteiger partial charge is 1.00 e. The maximum atomic E-state index is 4.81. The van der Waals surface area contributed by atoms with Gasteiger partial charge in [-0.25, -0.2) is 6.17 Å². The van der Waals surface area contributed by atoms with Gasteiger partial charge in [-0.1, -0.05) is 0 Å². The fourth-order valence-corrected chi connectivity index (χ4v) is 0. The summed E-state index contributed by atoms with van der Waals surface area (Å²) in [5.74, 6) is 0. The first-order chi connectivity index (χ1) is 1.73. The van der Waals surface area contributed by atoms with E-state index in [1.54, 1.807) is 6.92 Å². The van der Waals surface area contributed by atoms with Crippen LogP contribution in [0.4, 0.5) is 0 Å². The van der Waals surface area contributed by atoms with Gasteiger partial charge in [0.2, 0.25) is 0 Å². The van der Waals surface area contributed by atoms with Gasteiger partial charge in [-0.05, 0) is 0 Å². The van der Waals surface area contributed by atoms with Crippen molar-refractivity contribution in [2.45, 2.75) is 6.92 Å². The van der Waals surface area contributed by atoms with Gasteiger partial charge in [0.25, 0.3) is 0 Å². The molecule has 4 N–H and O–H groups in total. The molecule has 0 spiro atoms. The minimum atomic E-state index is 0. The van der Waals surface area contributed by atoms with Crippen LogP contribution in [0, 0.1) is 6.17 Å². The molecule has 0 radical (unpaired) electrons. The molecule has 0 fully saturated rings. The second kappa shape index (κ2) is 4.52. The quantitative estimate of drug-likeness (QED) is 0.227. The molecule has 5 heavy (non-hydrogen) atoms. The van der Waals surface area contributed by atoms with Crippen LogP contribution < -0.4 is 30.3 Å². The first kappa shape index (κ1) is 9.10. The molecular formula is C2H7LiN2. The second-order valence-corrected chi connectivity index (χ2v) is 0.744. The fraction of sp³-hybridized carbons (Fsp3) is 0.500. The van der Waals surface area contributed by atoms with Gasteiger partial charge >= 0.3 is 18.9 Å². The normalized spacial score (nSPS) is 7.20. The van der Waals surface area contributed by atoms with Crippen LogP contribution in [0.5, 0.6) is 0 Å². The molecule has 0 aliphatic rings. The maximum Gasteiger partial charge on any atom is 1.00 e.